The number of methoxy groups -OCH3 is 1. The number of benzene rings is 2. The number of nitrogens with one attached hydrogen (secondary N) is 1. The Bertz CT molecular complexity index is 685. The summed E-state index contributed by atoms with van der Waals surface area (Å²) in [6.07, 6.45) is 0. The molecule has 5 heteroatoms. The SMILES string of the molecule is COCc1cccc(Oc2ccc3c(c2)NC(=O)C3N)c1. The highest BCUT2D eigenvalue weighted by Gasteiger charge is 2.27. The van der Waals surface area contributed by atoms with Crippen LogP contribution in [0, 0.1) is 0 Å². The van der Waals surface area contributed by atoms with Gasteiger partial charge in [0.25, 0.3) is 0 Å². The summed E-state index contributed by atoms with van der Waals surface area (Å²) in [5.41, 5.74) is 8.31. The summed E-state index contributed by atoms with van der Waals surface area (Å²) in [6.45, 7) is 0.534. The first-order valence-corrected chi connectivity index (χ1v) is 6.63. The number of hydrogen-bond donors (Lipinski definition) is 2. The van der Waals surface area contributed by atoms with E-state index in [0.717, 1.165) is 16.9 Å². The second-order valence-corrected chi connectivity index (χ2v) is 4.90. The van der Waals surface area contributed by atoms with E-state index in [1.54, 1.807) is 13.2 Å². The summed E-state index contributed by atoms with van der Waals surface area (Å²) >= 11 is 0. The van der Waals surface area contributed by atoms with Crippen LogP contribution in [-0.2, 0) is 16.1 Å². The van der Waals surface area contributed by atoms with E-state index in [9.17, 15) is 4.79 Å². The van der Waals surface area contributed by atoms with Crippen molar-refractivity contribution in [3.8, 4) is 11.5 Å². The molecule has 21 heavy (non-hydrogen) atoms. The second kappa shape index (κ2) is 5.55. The van der Waals surface area contributed by atoms with Gasteiger partial charge in [0.1, 0.15) is 17.5 Å². The smallest absolute Gasteiger partial charge is 0.245 e. The molecule has 1 unspecified atom stereocenters. The molecule has 1 aliphatic rings. The molecule has 0 saturated heterocycles. The van der Waals surface area contributed by atoms with Gasteiger partial charge in [-0.15, -0.1) is 0 Å². The van der Waals surface area contributed by atoms with Crippen molar-refractivity contribution < 1.29 is 14.3 Å². The van der Waals surface area contributed by atoms with E-state index < -0.39 is 6.04 Å². The largest absolute Gasteiger partial charge is 0.457 e. The van der Waals surface area contributed by atoms with Crippen LogP contribution in [0.3, 0.4) is 0 Å². The van der Waals surface area contributed by atoms with Gasteiger partial charge in [0.05, 0.1) is 6.61 Å². The molecular weight excluding hydrogens is 268 g/mol. The zero-order chi connectivity index (χ0) is 14.8. The number of nitrogens with two attached hydrogens (primary N) is 1. The van der Waals surface area contributed by atoms with Crippen LogP contribution in [0.25, 0.3) is 0 Å². The molecule has 0 fully saturated rings. The molecule has 1 heterocycles. The standard InChI is InChI=1S/C16H16N2O3/c1-20-9-10-3-2-4-11(7-10)21-12-5-6-13-14(8-12)18-16(19)15(13)17/h2-8,15H,9,17H2,1H3,(H,18,19). The normalized spacial score (nSPS) is 16.5. The number of hydrogen-bond acceptors (Lipinski definition) is 4. The molecule has 2 aromatic rings. The lowest BCUT2D eigenvalue weighted by atomic mass is 10.1. The van der Waals surface area contributed by atoms with Crippen molar-refractivity contribution in [3.05, 3.63) is 53.6 Å². The molecule has 3 N–H and O–H groups in total. The molecule has 3 rings (SSSR count). The Morgan fingerprint density at radius 1 is 1.19 bits per heavy atom. The van der Waals surface area contributed by atoms with Crippen molar-refractivity contribution >= 4 is 11.6 Å². The average Bonchev–Trinajstić information content (AvgIpc) is 2.74. The van der Waals surface area contributed by atoms with Gasteiger partial charge in [-0.3, -0.25) is 4.79 Å². The first-order valence-electron chi connectivity index (χ1n) is 6.63. The Balaban J connectivity index is 1.82. The van der Waals surface area contributed by atoms with E-state index in [1.165, 1.54) is 0 Å². The van der Waals surface area contributed by atoms with Crippen LogP contribution in [0.1, 0.15) is 17.2 Å². The third-order valence-electron chi connectivity index (χ3n) is 3.35. The molecular formula is C16H16N2O3. The summed E-state index contributed by atoms with van der Waals surface area (Å²) in [5, 5.41) is 2.74. The number of anilines is 1. The minimum absolute atomic E-state index is 0.191. The quantitative estimate of drug-likeness (QED) is 0.905. The maximum atomic E-state index is 11.5. The van der Waals surface area contributed by atoms with Crippen molar-refractivity contribution in [2.24, 2.45) is 5.73 Å². The van der Waals surface area contributed by atoms with Crippen LogP contribution in [0.5, 0.6) is 11.5 Å². The Morgan fingerprint density at radius 3 is 2.81 bits per heavy atom. The summed E-state index contributed by atoms with van der Waals surface area (Å²) in [4.78, 5) is 11.5. The average molecular weight is 284 g/mol. The summed E-state index contributed by atoms with van der Waals surface area (Å²) < 4.78 is 10.9. The molecule has 108 valence electrons. The Hall–Kier alpha value is -2.37. The molecule has 0 bridgehead atoms. The van der Waals surface area contributed by atoms with Crippen LogP contribution in [0.15, 0.2) is 42.5 Å². The number of carbonyl (C=O) groups excluding carboxylic acids is 1. The van der Waals surface area contributed by atoms with Crippen LogP contribution < -0.4 is 15.8 Å². The molecule has 1 amide bonds. The van der Waals surface area contributed by atoms with E-state index in [4.69, 9.17) is 15.2 Å². The minimum Gasteiger partial charge on any atom is -0.457 e. The van der Waals surface area contributed by atoms with E-state index in [1.807, 2.05) is 36.4 Å². The molecule has 0 saturated carbocycles. The van der Waals surface area contributed by atoms with E-state index in [-0.39, 0.29) is 5.91 Å². The first-order chi connectivity index (χ1) is 10.2. The maximum absolute atomic E-state index is 11.5. The van der Waals surface area contributed by atoms with Gasteiger partial charge in [0.15, 0.2) is 0 Å². The van der Waals surface area contributed by atoms with Gasteiger partial charge in [-0.1, -0.05) is 18.2 Å². The molecule has 0 aliphatic carbocycles. The van der Waals surface area contributed by atoms with Gasteiger partial charge in [-0.05, 0) is 23.8 Å². The molecule has 1 aliphatic heterocycles. The van der Waals surface area contributed by atoms with Crippen molar-refractivity contribution in [3.63, 3.8) is 0 Å². The summed E-state index contributed by atoms with van der Waals surface area (Å²) in [7, 11) is 1.65. The van der Waals surface area contributed by atoms with Crippen molar-refractivity contribution in [2.75, 3.05) is 12.4 Å². The number of fused-ring (bicyclic) bond motifs is 1. The van der Waals surface area contributed by atoms with Crippen LogP contribution in [0.4, 0.5) is 5.69 Å². The zero-order valence-corrected chi connectivity index (χ0v) is 11.6. The lowest BCUT2D eigenvalue weighted by molar-refractivity contribution is -0.116. The predicted octanol–water partition coefficient (Wildman–Crippen LogP) is 2.58. The van der Waals surface area contributed by atoms with Gasteiger partial charge in [-0.2, -0.15) is 0 Å². The van der Waals surface area contributed by atoms with Crippen molar-refractivity contribution in [1.29, 1.82) is 0 Å². The third kappa shape index (κ3) is 2.74. The van der Waals surface area contributed by atoms with Crippen LogP contribution >= 0.6 is 0 Å². The fraction of sp³-hybridized carbons (Fsp3) is 0.188. The van der Waals surface area contributed by atoms with E-state index in [0.29, 0.717) is 18.0 Å². The van der Waals surface area contributed by atoms with Crippen molar-refractivity contribution in [2.45, 2.75) is 12.6 Å². The number of ether oxygens (including phenoxy) is 2. The van der Waals surface area contributed by atoms with Crippen molar-refractivity contribution in [1.82, 2.24) is 0 Å². The molecule has 0 spiro atoms. The summed E-state index contributed by atoms with van der Waals surface area (Å²) in [5.74, 6) is 1.18. The van der Waals surface area contributed by atoms with Gasteiger partial charge >= 0.3 is 0 Å². The lowest BCUT2D eigenvalue weighted by Crippen LogP contribution is -2.19. The maximum Gasteiger partial charge on any atom is 0.245 e. The topological polar surface area (TPSA) is 73.6 Å². The third-order valence-corrected chi connectivity index (χ3v) is 3.35. The van der Waals surface area contributed by atoms with Crippen LogP contribution in [0.2, 0.25) is 0 Å². The Kier molecular flexibility index (Phi) is 3.60. The zero-order valence-electron chi connectivity index (χ0n) is 11.6. The number of rotatable bonds is 4. The Morgan fingerprint density at radius 2 is 2.00 bits per heavy atom. The molecule has 1 atom stereocenters. The fourth-order valence-corrected chi connectivity index (χ4v) is 2.33. The van der Waals surface area contributed by atoms with Gasteiger partial charge in [-0.25, -0.2) is 0 Å². The Labute approximate surface area is 122 Å². The van der Waals surface area contributed by atoms with Gasteiger partial charge in [0, 0.05) is 24.4 Å². The molecule has 2 aromatic carbocycles. The fourth-order valence-electron chi connectivity index (χ4n) is 2.33. The summed E-state index contributed by atoms with van der Waals surface area (Å²) in [6, 6.07) is 12.5. The van der Waals surface area contributed by atoms with E-state index in [2.05, 4.69) is 5.32 Å². The molecule has 5 nitrogen and oxygen atoms in total. The second-order valence-electron chi connectivity index (χ2n) is 4.90. The van der Waals surface area contributed by atoms with E-state index >= 15 is 0 Å². The number of amides is 1. The molecule has 0 radical (unpaired) electrons. The molecule has 0 aromatic heterocycles. The lowest BCUT2D eigenvalue weighted by Gasteiger charge is -2.09. The highest BCUT2D eigenvalue weighted by Crippen LogP contribution is 2.34. The first kappa shape index (κ1) is 13.6. The predicted molar refractivity (Wildman–Crippen MR) is 79.2 cm³/mol. The highest BCUT2D eigenvalue weighted by molar-refractivity contribution is 6.02. The van der Waals surface area contributed by atoms with Gasteiger partial charge in [0.2, 0.25) is 5.91 Å². The monoisotopic (exact) mass is 284 g/mol. The minimum atomic E-state index is -0.598. The highest BCUT2D eigenvalue weighted by atomic mass is 16.5. The van der Waals surface area contributed by atoms with Crippen LogP contribution in [-0.4, -0.2) is 13.0 Å². The number of carbonyl (C=O) groups is 1. The van der Waals surface area contributed by atoms with Gasteiger partial charge < -0.3 is 20.5 Å².